The largest absolute Gasteiger partial charge is 0.508 e. The van der Waals surface area contributed by atoms with Crippen LogP contribution in [0.2, 0.25) is 0 Å². The monoisotopic (exact) mass is 441 g/mol. The number of thiophene rings is 1. The van der Waals surface area contributed by atoms with Gasteiger partial charge in [-0.15, -0.1) is 11.3 Å². The predicted octanol–water partition coefficient (Wildman–Crippen LogP) is 5.70. The molecule has 0 atom stereocenters. The number of phenolic OH excluding ortho intramolecular Hbond substituents is 1. The van der Waals surface area contributed by atoms with E-state index in [2.05, 4.69) is 5.16 Å². The van der Waals surface area contributed by atoms with Crippen molar-refractivity contribution in [3.8, 4) is 34.1 Å². The van der Waals surface area contributed by atoms with Gasteiger partial charge in [-0.1, -0.05) is 54.6 Å². The number of ether oxygens (including phenoxy) is 1. The molecule has 32 heavy (non-hydrogen) atoms. The fourth-order valence-corrected chi connectivity index (χ4v) is 4.77. The highest BCUT2D eigenvalue weighted by Gasteiger charge is 2.21. The molecule has 0 bridgehead atoms. The average molecular weight is 441 g/mol. The van der Waals surface area contributed by atoms with Crippen LogP contribution in [-0.4, -0.2) is 22.5 Å². The standard InChI is InChI=1S/C25H15NO5S/c27-14-30-22-13-20(31-26-22)15-6-8-16(9-7-15)23-19-11-10-18(28)12-21(19)32-25(23)24(29)17-4-2-1-3-5-17/h1-14,28H. The lowest BCUT2D eigenvalue weighted by atomic mass is 9.97. The van der Waals surface area contributed by atoms with Crippen LogP contribution in [-0.2, 0) is 4.79 Å². The second kappa shape index (κ2) is 8.13. The number of phenols is 1. The Labute approximate surface area is 186 Å². The van der Waals surface area contributed by atoms with E-state index in [4.69, 9.17) is 9.26 Å². The number of aromatic nitrogens is 1. The molecular formula is C25H15NO5S. The van der Waals surface area contributed by atoms with E-state index in [1.165, 1.54) is 17.4 Å². The first-order valence-corrected chi connectivity index (χ1v) is 10.5. The van der Waals surface area contributed by atoms with E-state index in [9.17, 15) is 14.7 Å². The van der Waals surface area contributed by atoms with Gasteiger partial charge in [0.15, 0.2) is 5.76 Å². The molecule has 1 N–H and O–H groups in total. The number of hydrogen-bond acceptors (Lipinski definition) is 7. The summed E-state index contributed by atoms with van der Waals surface area (Å²) < 4.78 is 10.7. The summed E-state index contributed by atoms with van der Waals surface area (Å²) in [5, 5.41) is 14.5. The number of carbonyl (C=O) groups excluding carboxylic acids is 2. The summed E-state index contributed by atoms with van der Waals surface area (Å²) in [6.45, 7) is 0.287. The van der Waals surface area contributed by atoms with Crippen LogP contribution in [0.5, 0.6) is 11.6 Å². The van der Waals surface area contributed by atoms with Gasteiger partial charge in [-0.2, -0.15) is 0 Å². The molecule has 2 aromatic heterocycles. The van der Waals surface area contributed by atoms with Gasteiger partial charge < -0.3 is 14.4 Å². The molecule has 0 radical (unpaired) electrons. The molecule has 7 heteroatoms. The summed E-state index contributed by atoms with van der Waals surface area (Å²) in [7, 11) is 0. The molecule has 3 aromatic carbocycles. The zero-order valence-corrected chi connectivity index (χ0v) is 17.3. The molecule has 0 saturated heterocycles. The molecule has 0 saturated carbocycles. The van der Waals surface area contributed by atoms with Crippen LogP contribution in [0.15, 0.2) is 83.4 Å². The third kappa shape index (κ3) is 3.55. The second-order valence-corrected chi connectivity index (χ2v) is 8.05. The average Bonchev–Trinajstić information content (AvgIpc) is 3.44. The number of rotatable bonds is 6. The summed E-state index contributed by atoms with van der Waals surface area (Å²) in [5.74, 6) is 0.613. The molecule has 0 aliphatic carbocycles. The van der Waals surface area contributed by atoms with E-state index in [1.807, 2.05) is 48.5 Å². The minimum Gasteiger partial charge on any atom is -0.508 e. The smallest absolute Gasteiger partial charge is 0.299 e. The summed E-state index contributed by atoms with van der Waals surface area (Å²) in [5.41, 5.74) is 3.02. The van der Waals surface area contributed by atoms with Crippen LogP contribution in [0, 0.1) is 0 Å². The maximum atomic E-state index is 13.3. The van der Waals surface area contributed by atoms with Gasteiger partial charge in [0.25, 0.3) is 12.4 Å². The van der Waals surface area contributed by atoms with Crippen molar-refractivity contribution < 1.29 is 24.0 Å². The van der Waals surface area contributed by atoms with Gasteiger partial charge in [-0.3, -0.25) is 9.59 Å². The lowest BCUT2D eigenvalue weighted by molar-refractivity contribution is -0.121. The molecule has 156 valence electrons. The minimum atomic E-state index is -0.0729. The van der Waals surface area contributed by atoms with Gasteiger partial charge in [0.05, 0.1) is 10.9 Å². The highest BCUT2D eigenvalue weighted by Crippen LogP contribution is 2.41. The SMILES string of the molecule is O=COc1cc(-c2ccc(-c3c(C(=O)c4ccccc4)sc4cc(O)ccc34)cc2)on1. The Morgan fingerprint density at radius 1 is 0.969 bits per heavy atom. The summed E-state index contributed by atoms with van der Waals surface area (Å²) >= 11 is 1.36. The molecule has 0 fully saturated rings. The first-order valence-electron chi connectivity index (χ1n) is 9.67. The zero-order chi connectivity index (χ0) is 22.1. The van der Waals surface area contributed by atoms with E-state index in [0.717, 1.165) is 26.8 Å². The molecule has 0 aliphatic rings. The third-order valence-electron chi connectivity index (χ3n) is 5.03. The van der Waals surface area contributed by atoms with Gasteiger partial charge >= 0.3 is 0 Å². The van der Waals surface area contributed by atoms with Crippen molar-refractivity contribution in [2.24, 2.45) is 0 Å². The summed E-state index contributed by atoms with van der Waals surface area (Å²) in [6, 6.07) is 23.2. The summed E-state index contributed by atoms with van der Waals surface area (Å²) in [4.78, 5) is 24.4. The topological polar surface area (TPSA) is 89.6 Å². The quantitative estimate of drug-likeness (QED) is 0.269. The van der Waals surface area contributed by atoms with Crippen LogP contribution >= 0.6 is 11.3 Å². The number of hydrogen-bond donors (Lipinski definition) is 1. The molecule has 0 amide bonds. The number of benzene rings is 3. The van der Waals surface area contributed by atoms with Crippen molar-refractivity contribution in [1.82, 2.24) is 5.16 Å². The predicted molar refractivity (Wildman–Crippen MR) is 121 cm³/mol. The fraction of sp³-hybridized carbons (Fsp3) is 0. The minimum absolute atomic E-state index is 0.0729. The molecule has 5 aromatic rings. The normalized spacial score (nSPS) is 10.9. The molecule has 6 nitrogen and oxygen atoms in total. The lowest BCUT2D eigenvalue weighted by Crippen LogP contribution is -2.00. The molecular weight excluding hydrogens is 426 g/mol. The van der Waals surface area contributed by atoms with E-state index in [1.54, 1.807) is 24.3 Å². The first-order chi connectivity index (χ1) is 15.6. The van der Waals surface area contributed by atoms with E-state index >= 15 is 0 Å². The van der Waals surface area contributed by atoms with Crippen molar-refractivity contribution >= 4 is 33.7 Å². The van der Waals surface area contributed by atoms with Gasteiger partial charge in [-0.05, 0) is 28.9 Å². The van der Waals surface area contributed by atoms with Gasteiger partial charge in [-0.25, -0.2) is 0 Å². The van der Waals surface area contributed by atoms with Crippen molar-refractivity contribution in [3.63, 3.8) is 0 Å². The van der Waals surface area contributed by atoms with E-state index < -0.39 is 0 Å². The number of nitrogens with zero attached hydrogens (tertiary/aromatic N) is 1. The maximum absolute atomic E-state index is 13.3. The first kappa shape index (κ1) is 19.7. The zero-order valence-electron chi connectivity index (χ0n) is 16.5. The van der Waals surface area contributed by atoms with Gasteiger partial charge in [0, 0.05) is 26.8 Å². The van der Waals surface area contributed by atoms with Crippen LogP contribution in [0.3, 0.4) is 0 Å². The van der Waals surface area contributed by atoms with Crippen molar-refractivity contribution in [2.45, 2.75) is 0 Å². The van der Waals surface area contributed by atoms with Crippen LogP contribution < -0.4 is 4.74 Å². The fourth-order valence-electron chi connectivity index (χ4n) is 3.55. The van der Waals surface area contributed by atoms with E-state index in [0.29, 0.717) is 16.2 Å². The number of ketones is 1. The molecule has 2 heterocycles. The Morgan fingerprint density at radius 3 is 2.47 bits per heavy atom. The van der Waals surface area contributed by atoms with E-state index in [-0.39, 0.29) is 23.9 Å². The second-order valence-electron chi connectivity index (χ2n) is 7.00. The van der Waals surface area contributed by atoms with Crippen LogP contribution in [0.4, 0.5) is 0 Å². The lowest BCUT2D eigenvalue weighted by Gasteiger charge is -2.06. The molecule has 0 aliphatic heterocycles. The number of fused-ring (bicyclic) bond motifs is 1. The van der Waals surface area contributed by atoms with Crippen molar-refractivity contribution in [1.29, 1.82) is 0 Å². The van der Waals surface area contributed by atoms with Crippen molar-refractivity contribution in [2.75, 3.05) is 0 Å². The Hall–Kier alpha value is -4.23. The number of carbonyl (C=O) groups is 2. The Bertz CT molecular complexity index is 1430. The maximum Gasteiger partial charge on any atom is 0.299 e. The highest BCUT2D eigenvalue weighted by atomic mass is 32.1. The third-order valence-corrected chi connectivity index (χ3v) is 6.18. The van der Waals surface area contributed by atoms with Crippen molar-refractivity contribution in [3.05, 3.63) is 89.3 Å². The van der Waals surface area contributed by atoms with Gasteiger partial charge in [0.2, 0.25) is 5.78 Å². The van der Waals surface area contributed by atoms with Gasteiger partial charge in [0.1, 0.15) is 5.75 Å². The molecule has 0 unspecified atom stereocenters. The Kier molecular flexibility index (Phi) is 5.01. The van der Waals surface area contributed by atoms with Crippen LogP contribution in [0.25, 0.3) is 32.5 Å². The number of aromatic hydroxyl groups is 1. The highest BCUT2D eigenvalue weighted by molar-refractivity contribution is 7.21. The van der Waals surface area contributed by atoms with Crippen LogP contribution in [0.1, 0.15) is 15.2 Å². The molecule has 5 rings (SSSR count). The Balaban J connectivity index is 1.61. The molecule has 0 spiro atoms. The Morgan fingerprint density at radius 2 is 1.72 bits per heavy atom. The summed E-state index contributed by atoms with van der Waals surface area (Å²) in [6.07, 6.45) is 0.